The molecule has 2 atom stereocenters. The van der Waals surface area contributed by atoms with E-state index in [4.69, 9.17) is 0 Å². The topological polar surface area (TPSA) is 39.3 Å². The van der Waals surface area contributed by atoms with Crippen LogP contribution in [0.5, 0.6) is 0 Å². The highest BCUT2D eigenvalue weighted by Crippen LogP contribution is 2.40. The molecule has 1 aliphatic heterocycles. The molecule has 2 unspecified atom stereocenters. The number of hydrogen-bond donors (Lipinski definition) is 1. The number of carbonyl (C=O) groups excluding carboxylic acids is 1. The molecule has 1 N–H and O–H groups in total. The molecule has 1 aliphatic rings. The summed E-state index contributed by atoms with van der Waals surface area (Å²) in [5.41, 5.74) is 3.84. The van der Waals surface area contributed by atoms with Gasteiger partial charge >= 0.3 is 0 Å². The average molecular weight is 516 g/mol. The quantitative estimate of drug-likeness (QED) is 0.277. The zero-order valence-electron chi connectivity index (χ0n) is 22.3. The third-order valence-corrected chi connectivity index (χ3v) is 8.46. The number of fused-ring (bicyclic) bond motifs is 3. The molecule has 0 aliphatic carbocycles. The van der Waals surface area contributed by atoms with Gasteiger partial charge in [0.2, 0.25) is 0 Å². The SMILES string of the molecule is CCC(CCC1c2[nH]c3ccccc3c2CCN1C(=O)c1c(F)cccc1F)(Cc1ccccc1)N(C)C. The number of H-pyrrole nitrogens is 1. The molecule has 0 spiro atoms. The van der Waals surface area contributed by atoms with Gasteiger partial charge in [0.1, 0.15) is 17.2 Å². The van der Waals surface area contributed by atoms with E-state index in [1.54, 1.807) is 4.90 Å². The fourth-order valence-electron chi connectivity index (χ4n) is 6.18. The van der Waals surface area contributed by atoms with Gasteiger partial charge in [0.05, 0.1) is 6.04 Å². The van der Waals surface area contributed by atoms with Crippen LogP contribution in [0.3, 0.4) is 0 Å². The number of hydrogen-bond acceptors (Lipinski definition) is 2. The number of amides is 1. The maximum Gasteiger partial charge on any atom is 0.260 e. The molecule has 5 rings (SSSR count). The van der Waals surface area contributed by atoms with Gasteiger partial charge in [0, 0.05) is 28.7 Å². The molecule has 2 heterocycles. The molecule has 3 aromatic carbocycles. The van der Waals surface area contributed by atoms with Gasteiger partial charge in [-0.2, -0.15) is 0 Å². The zero-order valence-corrected chi connectivity index (χ0v) is 22.3. The van der Waals surface area contributed by atoms with Crippen molar-refractivity contribution in [2.45, 2.75) is 50.6 Å². The van der Waals surface area contributed by atoms with Crippen LogP contribution in [0.2, 0.25) is 0 Å². The largest absolute Gasteiger partial charge is 0.356 e. The molecule has 1 aromatic heterocycles. The number of rotatable bonds is 8. The second-order valence-corrected chi connectivity index (χ2v) is 10.6. The summed E-state index contributed by atoms with van der Waals surface area (Å²) in [7, 11) is 4.22. The summed E-state index contributed by atoms with van der Waals surface area (Å²) in [6.07, 6.45) is 3.92. The first-order chi connectivity index (χ1) is 18.3. The zero-order chi connectivity index (χ0) is 26.9. The molecule has 4 nitrogen and oxygen atoms in total. The van der Waals surface area contributed by atoms with Crippen LogP contribution in [0.15, 0.2) is 72.8 Å². The Balaban J connectivity index is 1.54. The highest BCUT2D eigenvalue weighted by Gasteiger charge is 2.38. The van der Waals surface area contributed by atoms with E-state index in [1.807, 2.05) is 24.3 Å². The lowest BCUT2D eigenvalue weighted by molar-refractivity contribution is 0.0585. The van der Waals surface area contributed by atoms with E-state index >= 15 is 0 Å². The van der Waals surface area contributed by atoms with Crippen molar-refractivity contribution in [1.82, 2.24) is 14.8 Å². The van der Waals surface area contributed by atoms with Gasteiger partial charge in [0.25, 0.3) is 5.91 Å². The Morgan fingerprint density at radius 1 is 1.00 bits per heavy atom. The second kappa shape index (κ2) is 10.7. The van der Waals surface area contributed by atoms with Crippen LogP contribution in [-0.4, -0.2) is 46.9 Å². The number of para-hydroxylation sites is 1. The second-order valence-electron chi connectivity index (χ2n) is 10.6. The molecule has 1 amide bonds. The number of aromatic amines is 1. The Kier molecular flexibility index (Phi) is 7.35. The molecular weight excluding hydrogens is 480 g/mol. The van der Waals surface area contributed by atoms with E-state index in [2.05, 4.69) is 61.2 Å². The van der Waals surface area contributed by atoms with Gasteiger partial charge in [-0.3, -0.25) is 4.79 Å². The summed E-state index contributed by atoms with van der Waals surface area (Å²) in [4.78, 5) is 21.3. The normalized spacial score (nSPS) is 17.0. The van der Waals surface area contributed by atoms with Crippen LogP contribution in [0.25, 0.3) is 10.9 Å². The summed E-state index contributed by atoms with van der Waals surface area (Å²) in [5, 5.41) is 1.15. The lowest BCUT2D eigenvalue weighted by atomic mass is 9.80. The van der Waals surface area contributed by atoms with Crippen molar-refractivity contribution in [3.8, 4) is 0 Å². The maximum absolute atomic E-state index is 14.7. The van der Waals surface area contributed by atoms with Crippen molar-refractivity contribution in [3.05, 3.63) is 107 Å². The fourth-order valence-corrected chi connectivity index (χ4v) is 6.18. The van der Waals surface area contributed by atoms with Crippen LogP contribution in [0.4, 0.5) is 8.78 Å². The summed E-state index contributed by atoms with van der Waals surface area (Å²) in [6.45, 7) is 2.61. The lowest BCUT2D eigenvalue weighted by Gasteiger charge is -2.43. The van der Waals surface area contributed by atoms with Gasteiger partial charge in [0.15, 0.2) is 0 Å². The van der Waals surface area contributed by atoms with Gasteiger partial charge in [-0.05, 0) is 75.5 Å². The summed E-state index contributed by atoms with van der Waals surface area (Å²) in [5.74, 6) is -2.24. The van der Waals surface area contributed by atoms with Crippen molar-refractivity contribution in [1.29, 1.82) is 0 Å². The maximum atomic E-state index is 14.7. The van der Waals surface area contributed by atoms with E-state index in [-0.39, 0.29) is 11.6 Å². The number of likely N-dealkylation sites (N-methyl/N-ethyl adjacent to an activating group) is 1. The molecule has 38 heavy (non-hydrogen) atoms. The van der Waals surface area contributed by atoms with E-state index in [0.717, 1.165) is 48.0 Å². The van der Waals surface area contributed by atoms with Crippen molar-refractivity contribution >= 4 is 16.8 Å². The van der Waals surface area contributed by atoms with Gasteiger partial charge in [-0.1, -0.05) is 61.5 Å². The fraction of sp³-hybridized carbons (Fsp3) is 0.344. The summed E-state index contributed by atoms with van der Waals surface area (Å²) in [6, 6.07) is 21.9. The van der Waals surface area contributed by atoms with Crippen LogP contribution in [0.1, 0.15) is 59.4 Å². The van der Waals surface area contributed by atoms with Crippen molar-refractivity contribution in [3.63, 3.8) is 0 Å². The first-order valence-corrected chi connectivity index (χ1v) is 13.4. The molecule has 198 valence electrons. The predicted octanol–water partition coefficient (Wildman–Crippen LogP) is 6.92. The molecule has 0 saturated heterocycles. The van der Waals surface area contributed by atoms with Crippen molar-refractivity contribution in [2.24, 2.45) is 0 Å². The molecular formula is C32H35F2N3O. The van der Waals surface area contributed by atoms with Crippen LogP contribution >= 0.6 is 0 Å². The highest BCUT2D eigenvalue weighted by atomic mass is 19.1. The third kappa shape index (κ3) is 4.73. The first kappa shape index (κ1) is 26.1. The summed E-state index contributed by atoms with van der Waals surface area (Å²) < 4.78 is 29.4. The number of halogens is 2. The molecule has 0 fully saturated rings. The molecule has 4 aromatic rings. The van der Waals surface area contributed by atoms with Gasteiger partial charge in [-0.25, -0.2) is 8.78 Å². The number of carbonyl (C=O) groups is 1. The third-order valence-electron chi connectivity index (χ3n) is 8.46. The molecule has 0 saturated carbocycles. The standard InChI is InChI=1S/C32H35F2N3O/c1-4-32(36(2)3,21-22-11-6-5-7-12-22)19-17-28-30-24(23-13-8-9-16-27(23)35-30)18-20-37(28)31(38)29-25(33)14-10-15-26(29)34/h5-16,28,35H,4,17-21H2,1-3H3. The highest BCUT2D eigenvalue weighted by molar-refractivity contribution is 5.95. The van der Waals surface area contributed by atoms with Crippen LogP contribution in [-0.2, 0) is 12.8 Å². The van der Waals surface area contributed by atoms with Crippen molar-refractivity contribution in [2.75, 3.05) is 20.6 Å². The number of aromatic nitrogens is 1. The Morgan fingerprint density at radius 3 is 2.37 bits per heavy atom. The van der Waals surface area contributed by atoms with Gasteiger partial charge in [-0.15, -0.1) is 0 Å². The number of nitrogens with one attached hydrogen (secondary N) is 1. The Bertz CT molecular complexity index is 1410. The number of nitrogens with zero attached hydrogens (tertiary/aromatic N) is 2. The van der Waals surface area contributed by atoms with E-state index in [0.29, 0.717) is 19.4 Å². The number of benzene rings is 3. The first-order valence-electron chi connectivity index (χ1n) is 13.4. The predicted molar refractivity (Wildman–Crippen MR) is 148 cm³/mol. The molecule has 0 bridgehead atoms. The summed E-state index contributed by atoms with van der Waals surface area (Å²) >= 11 is 0. The average Bonchev–Trinajstić information content (AvgIpc) is 3.30. The van der Waals surface area contributed by atoms with Crippen molar-refractivity contribution < 1.29 is 13.6 Å². The van der Waals surface area contributed by atoms with Gasteiger partial charge < -0.3 is 14.8 Å². The minimum atomic E-state index is -0.823. The Hall–Kier alpha value is -3.51. The Labute approximate surface area is 223 Å². The van der Waals surface area contributed by atoms with Crippen LogP contribution < -0.4 is 0 Å². The monoisotopic (exact) mass is 515 g/mol. The smallest absolute Gasteiger partial charge is 0.260 e. The van der Waals surface area contributed by atoms with E-state index < -0.39 is 23.1 Å². The minimum Gasteiger partial charge on any atom is -0.356 e. The van der Waals surface area contributed by atoms with E-state index in [1.165, 1.54) is 17.2 Å². The minimum absolute atomic E-state index is 0.136. The van der Waals surface area contributed by atoms with Crippen LogP contribution in [0, 0.1) is 11.6 Å². The lowest BCUT2D eigenvalue weighted by Crippen LogP contribution is -2.47. The Morgan fingerprint density at radius 2 is 1.68 bits per heavy atom. The molecule has 0 radical (unpaired) electrons. The molecule has 6 heteroatoms. The van der Waals surface area contributed by atoms with E-state index in [9.17, 15) is 13.6 Å².